The number of hydrogen-bond donors (Lipinski definition) is 1. The van der Waals surface area contributed by atoms with Gasteiger partial charge < -0.3 is 19.5 Å². The molecule has 0 bridgehead atoms. The number of urea groups is 1. The van der Waals surface area contributed by atoms with Crippen molar-refractivity contribution in [1.82, 2.24) is 25.0 Å². The van der Waals surface area contributed by atoms with E-state index in [-0.39, 0.29) is 24.2 Å². The molecule has 3 unspecified atom stereocenters. The van der Waals surface area contributed by atoms with E-state index in [2.05, 4.69) is 15.5 Å². The standard InChI is InChI=1S/C15H25N5O2/c1-19-10-16-18-14(19)12-7-5-9-20(12)15(21)17-11-6-3-4-8-13(11)22-2/h10-13H,3-9H2,1-2H3,(H,17,21). The van der Waals surface area contributed by atoms with Gasteiger partial charge in [0.1, 0.15) is 6.33 Å². The SMILES string of the molecule is COC1CCCCC1NC(=O)N1CCCC1c1nncn1C. The molecule has 1 saturated heterocycles. The number of carbonyl (C=O) groups is 1. The van der Waals surface area contributed by atoms with Crippen LogP contribution in [0.5, 0.6) is 0 Å². The second-order valence-corrected chi connectivity index (χ2v) is 6.27. The van der Waals surface area contributed by atoms with E-state index in [1.54, 1.807) is 13.4 Å². The predicted octanol–water partition coefficient (Wildman–Crippen LogP) is 1.62. The van der Waals surface area contributed by atoms with Crippen LogP contribution in [0.4, 0.5) is 4.79 Å². The Labute approximate surface area is 131 Å². The fraction of sp³-hybridized carbons (Fsp3) is 0.800. The molecule has 0 spiro atoms. The fourth-order valence-corrected chi connectivity index (χ4v) is 3.66. The van der Waals surface area contributed by atoms with Gasteiger partial charge in [-0.3, -0.25) is 0 Å². The third-order valence-electron chi connectivity index (χ3n) is 4.87. The van der Waals surface area contributed by atoms with Crippen LogP contribution in [0.1, 0.15) is 50.4 Å². The van der Waals surface area contributed by atoms with Gasteiger partial charge in [-0.05, 0) is 25.7 Å². The Bertz CT molecular complexity index is 518. The summed E-state index contributed by atoms with van der Waals surface area (Å²) >= 11 is 0. The molecular formula is C15H25N5O2. The minimum absolute atomic E-state index is 0.000509. The van der Waals surface area contributed by atoms with Crippen LogP contribution in [-0.4, -0.2) is 51.5 Å². The number of likely N-dealkylation sites (tertiary alicyclic amines) is 1. The average molecular weight is 307 g/mol. The Hall–Kier alpha value is -1.63. The van der Waals surface area contributed by atoms with E-state index in [0.29, 0.717) is 0 Å². The molecule has 2 heterocycles. The van der Waals surface area contributed by atoms with E-state index >= 15 is 0 Å². The van der Waals surface area contributed by atoms with Gasteiger partial charge in [-0.15, -0.1) is 10.2 Å². The molecule has 0 radical (unpaired) electrons. The summed E-state index contributed by atoms with van der Waals surface area (Å²) < 4.78 is 7.42. The van der Waals surface area contributed by atoms with Gasteiger partial charge in [-0.2, -0.15) is 0 Å². The highest BCUT2D eigenvalue weighted by molar-refractivity contribution is 5.75. The van der Waals surface area contributed by atoms with Gasteiger partial charge in [0.2, 0.25) is 0 Å². The van der Waals surface area contributed by atoms with Crippen molar-refractivity contribution in [1.29, 1.82) is 0 Å². The zero-order chi connectivity index (χ0) is 15.5. The molecule has 2 fully saturated rings. The Morgan fingerprint density at radius 2 is 2.14 bits per heavy atom. The van der Waals surface area contributed by atoms with E-state index < -0.39 is 0 Å². The minimum Gasteiger partial charge on any atom is -0.379 e. The molecule has 1 aromatic rings. The first-order valence-corrected chi connectivity index (χ1v) is 8.14. The summed E-state index contributed by atoms with van der Waals surface area (Å²) in [6.07, 6.45) is 8.11. The van der Waals surface area contributed by atoms with Crippen molar-refractivity contribution in [2.24, 2.45) is 7.05 Å². The Kier molecular flexibility index (Phi) is 4.61. The third-order valence-corrected chi connectivity index (χ3v) is 4.87. The minimum atomic E-state index is -0.000509. The maximum Gasteiger partial charge on any atom is 0.318 e. The van der Waals surface area contributed by atoms with Gasteiger partial charge >= 0.3 is 6.03 Å². The van der Waals surface area contributed by atoms with Gasteiger partial charge in [0.15, 0.2) is 5.82 Å². The van der Waals surface area contributed by atoms with E-state index in [1.807, 2.05) is 16.5 Å². The van der Waals surface area contributed by atoms with Crippen molar-refractivity contribution < 1.29 is 9.53 Å². The third kappa shape index (κ3) is 2.95. The molecule has 122 valence electrons. The summed E-state index contributed by atoms with van der Waals surface area (Å²) in [5, 5.41) is 11.3. The van der Waals surface area contributed by atoms with Gasteiger partial charge in [0.25, 0.3) is 0 Å². The number of nitrogens with zero attached hydrogens (tertiary/aromatic N) is 4. The van der Waals surface area contributed by atoms with Gasteiger partial charge in [0.05, 0.1) is 18.2 Å². The second kappa shape index (κ2) is 6.64. The summed E-state index contributed by atoms with van der Waals surface area (Å²) in [4.78, 5) is 14.6. The molecule has 3 atom stereocenters. The Morgan fingerprint density at radius 3 is 2.86 bits per heavy atom. The van der Waals surface area contributed by atoms with Crippen LogP contribution in [-0.2, 0) is 11.8 Å². The van der Waals surface area contributed by atoms with Crippen molar-refractivity contribution in [2.45, 2.75) is 56.7 Å². The summed E-state index contributed by atoms with van der Waals surface area (Å²) in [6.45, 7) is 0.772. The van der Waals surface area contributed by atoms with Crippen molar-refractivity contribution in [3.05, 3.63) is 12.2 Å². The molecule has 1 saturated carbocycles. The van der Waals surface area contributed by atoms with E-state index in [0.717, 1.165) is 44.5 Å². The van der Waals surface area contributed by atoms with Crippen LogP contribution in [0, 0.1) is 0 Å². The molecule has 1 aliphatic carbocycles. The maximum atomic E-state index is 12.7. The summed E-state index contributed by atoms with van der Waals surface area (Å²) in [5.74, 6) is 0.861. The quantitative estimate of drug-likeness (QED) is 0.921. The lowest BCUT2D eigenvalue weighted by Gasteiger charge is -2.33. The molecule has 22 heavy (non-hydrogen) atoms. The first-order chi connectivity index (χ1) is 10.7. The smallest absolute Gasteiger partial charge is 0.318 e. The number of methoxy groups -OCH3 is 1. The second-order valence-electron chi connectivity index (χ2n) is 6.27. The van der Waals surface area contributed by atoms with Crippen LogP contribution >= 0.6 is 0 Å². The molecule has 1 aromatic heterocycles. The van der Waals surface area contributed by atoms with Gasteiger partial charge in [0, 0.05) is 20.7 Å². The predicted molar refractivity (Wildman–Crippen MR) is 81.3 cm³/mol. The molecule has 2 aliphatic rings. The first kappa shape index (κ1) is 15.3. The number of rotatable bonds is 3. The van der Waals surface area contributed by atoms with E-state index in [1.165, 1.54) is 6.42 Å². The number of carbonyl (C=O) groups excluding carboxylic acids is 1. The molecular weight excluding hydrogens is 282 g/mol. The normalized spacial score (nSPS) is 28.8. The van der Waals surface area contributed by atoms with Crippen LogP contribution in [0.25, 0.3) is 0 Å². The van der Waals surface area contributed by atoms with Crippen LogP contribution in [0.15, 0.2) is 6.33 Å². The number of amides is 2. The Balaban J connectivity index is 1.67. The highest BCUT2D eigenvalue weighted by Gasteiger charge is 2.35. The van der Waals surface area contributed by atoms with Gasteiger partial charge in [-0.25, -0.2) is 4.79 Å². The number of hydrogen-bond acceptors (Lipinski definition) is 4. The molecule has 1 aliphatic heterocycles. The zero-order valence-electron chi connectivity index (χ0n) is 13.4. The number of ether oxygens (including phenoxy) is 1. The van der Waals surface area contributed by atoms with E-state index in [4.69, 9.17) is 4.74 Å². The monoisotopic (exact) mass is 307 g/mol. The van der Waals surface area contributed by atoms with Crippen molar-refractivity contribution in [3.63, 3.8) is 0 Å². The van der Waals surface area contributed by atoms with Crippen LogP contribution in [0.2, 0.25) is 0 Å². The molecule has 3 rings (SSSR count). The maximum absolute atomic E-state index is 12.7. The molecule has 0 aromatic carbocycles. The molecule has 1 N–H and O–H groups in total. The lowest BCUT2D eigenvalue weighted by molar-refractivity contribution is 0.0427. The number of aromatic nitrogens is 3. The lowest BCUT2D eigenvalue weighted by Crippen LogP contribution is -2.50. The highest BCUT2D eigenvalue weighted by atomic mass is 16.5. The molecule has 7 nitrogen and oxygen atoms in total. The molecule has 7 heteroatoms. The summed E-state index contributed by atoms with van der Waals surface area (Å²) in [7, 11) is 3.65. The summed E-state index contributed by atoms with van der Waals surface area (Å²) in [5.41, 5.74) is 0. The Morgan fingerprint density at radius 1 is 1.32 bits per heavy atom. The average Bonchev–Trinajstić information content (AvgIpc) is 3.16. The topological polar surface area (TPSA) is 72.3 Å². The fourth-order valence-electron chi connectivity index (χ4n) is 3.66. The van der Waals surface area contributed by atoms with Crippen molar-refractivity contribution in [2.75, 3.05) is 13.7 Å². The number of nitrogens with one attached hydrogen (secondary N) is 1. The van der Waals surface area contributed by atoms with Crippen molar-refractivity contribution in [3.8, 4) is 0 Å². The summed E-state index contributed by atoms with van der Waals surface area (Å²) in [6, 6.07) is 0.142. The first-order valence-electron chi connectivity index (χ1n) is 8.14. The molecule has 2 amide bonds. The number of aryl methyl sites for hydroxylation is 1. The highest BCUT2D eigenvalue weighted by Crippen LogP contribution is 2.30. The van der Waals surface area contributed by atoms with Crippen molar-refractivity contribution >= 4 is 6.03 Å². The van der Waals surface area contributed by atoms with Gasteiger partial charge in [-0.1, -0.05) is 12.8 Å². The largest absolute Gasteiger partial charge is 0.379 e. The van der Waals surface area contributed by atoms with Crippen LogP contribution in [0.3, 0.4) is 0 Å². The van der Waals surface area contributed by atoms with Crippen LogP contribution < -0.4 is 5.32 Å². The zero-order valence-corrected chi connectivity index (χ0v) is 13.4. The lowest BCUT2D eigenvalue weighted by atomic mass is 9.92. The van der Waals surface area contributed by atoms with E-state index in [9.17, 15) is 4.79 Å².